The van der Waals surface area contributed by atoms with Crippen molar-refractivity contribution in [2.75, 3.05) is 13.1 Å². The molecule has 3 N–H and O–H groups in total. The Morgan fingerprint density at radius 1 is 1.19 bits per heavy atom. The van der Waals surface area contributed by atoms with Crippen LogP contribution in [0, 0.1) is 6.92 Å². The predicted octanol–water partition coefficient (Wildman–Crippen LogP) is 1.96. The minimum absolute atomic E-state index is 0.0323. The van der Waals surface area contributed by atoms with Crippen molar-refractivity contribution >= 4 is 12.0 Å². The predicted molar refractivity (Wildman–Crippen MR) is 79.4 cm³/mol. The maximum absolute atomic E-state index is 11.9. The number of nitrogens with one attached hydrogen (secondary N) is 2. The molecule has 0 aliphatic carbocycles. The number of phenolic OH excluding ortho intramolecular Hbond substituents is 1. The van der Waals surface area contributed by atoms with E-state index in [1.165, 1.54) is 0 Å². The van der Waals surface area contributed by atoms with Gasteiger partial charge in [0, 0.05) is 13.1 Å². The van der Waals surface area contributed by atoms with Gasteiger partial charge in [-0.2, -0.15) is 0 Å². The summed E-state index contributed by atoms with van der Waals surface area (Å²) in [4.78, 5) is 23.3. The second-order valence-electron chi connectivity index (χ2n) is 5.66. The zero-order chi connectivity index (χ0) is 16.0. The second kappa shape index (κ2) is 6.97. The van der Waals surface area contributed by atoms with Gasteiger partial charge in [-0.1, -0.05) is 12.1 Å². The highest BCUT2D eigenvalue weighted by molar-refractivity contribution is 5.97. The van der Waals surface area contributed by atoms with Gasteiger partial charge in [0.1, 0.15) is 11.4 Å². The van der Waals surface area contributed by atoms with E-state index < -0.39 is 11.7 Å². The summed E-state index contributed by atoms with van der Waals surface area (Å²) in [5.41, 5.74) is 0.294. The first-order valence-electron chi connectivity index (χ1n) is 6.74. The average Bonchev–Trinajstić information content (AvgIpc) is 2.35. The second-order valence-corrected chi connectivity index (χ2v) is 5.66. The number of hydrogen-bond acceptors (Lipinski definition) is 4. The maximum Gasteiger partial charge on any atom is 0.407 e. The molecular weight excluding hydrogens is 272 g/mol. The first-order valence-corrected chi connectivity index (χ1v) is 6.74. The summed E-state index contributed by atoms with van der Waals surface area (Å²) in [5.74, 6) is -0.419. The van der Waals surface area contributed by atoms with Crippen molar-refractivity contribution in [3.63, 3.8) is 0 Å². The molecule has 0 saturated carbocycles. The normalized spacial score (nSPS) is 10.9. The van der Waals surface area contributed by atoms with Gasteiger partial charge in [-0.25, -0.2) is 4.79 Å². The quantitative estimate of drug-likeness (QED) is 0.741. The van der Waals surface area contributed by atoms with E-state index in [-0.39, 0.29) is 30.3 Å². The number of benzene rings is 1. The zero-order valence-electron chi connectivity index (χ0n) is 12.8. The summed E-state index contributed by atoms with van der Waals surface area (Å²) in [6.07, 6.45) is -0.532. The Morgan fingerprint density at radius 3 is 2.43 bits per heavy atom. The van der Waals surface area contributed by atoms with Crippen molar-refractivity contribution in [3.8, 4) is 5.75 Å². The van der Waals surface area contributed by atoms with E-state index in [2.05, 4.69) is 10.6 Å². The Hall–Kier alpha value is -2.24. The van der Waals surface area contributed by atoms with Gasteiger partial charge >= 0.3 is 6.09 Å². The molecule has 0 radical (unpaired) electrons. The highest BCUT2D eigenvalue weighted by Gasteiger charge is 2.16. The third-order valence-electron chi connectivity index (χ3n) is 2.56. The zero-order valence-corrected chi connectivity index (χ0v) is 12.8. The largest absolute Gasteiger partial charge is 0.507 e. The molecule has 0 atom stereocenters. The Kier molecular flexibility index (Phi) is 5.58. The number of hydrogen-bond donors (Lipinski definition) is 3. The van der Waals surface area contributed by atoms with Crippen LogP contribution in [0.5, 0.6) is 5.75 Å². The number of rotatable bonds is 4. The SMILES string of the molecule is Cc1cccc(C(=O)NCCNC(=O)OC(C)(C)C)c1O. The fraction of sp³-hybridized carbons (Fsp3) is 0.467. The number of carbonyl (C=O) groups is 2. The van der Waals surface area contributed by atoms with Crippen molar-refractivity contribution in [3.05, 3.63) is 29.3 Å². The molecule has 0 fully saturated rings. The van der Waals surface area contributed by atoms with E-state index in [0.717, 1.165) is 0 Å². The van der Waals surface area contributed by atoms with Crippen LogP contribution < -0.4 is 10.6 Å². The lowest BCUT2D eigenvalue weighted by Crippen LogP contribution is -2.37. The van der Waals surface area contributed by atoms with E-state index in [9.17, 15) is 14.7 Å². The summed E-state index contributed by atoms with van der Waals surface area (Å²) in [6, 6.07) is 4.96. The van der Waals surface area contributed by atoms with Crippen LogP contribution >= 0.6 is 0 Å². The van der Waals surface area contributed by atoms with E-state index in [1.54, 1.807) is 45.9 Å². The fourth-order valence-electron chi connectivity index (χ4n) is 1.59. The van der Waals surface area contributed by atoms with Crippen LogP contribution in [0.2, 0.25) is 0 Å². The number of phenols is 1. The van der Waals surface area contributed by atoms with E-state index in [1.807, 2.05) is 0 Å². The molecule has 21 heavy (non-hydrogen) atoms. The first-order chi connectivity index (χ1) is 9.70. The Labute approximate surface area is 124 Å². The van der Waals surface area contributed by atoms with Gasteiger partial charge in [0.2, 0.25) is 0 Å². The molecule has 0 unspecified atom stereocenters. The summed E-state index contributed by atoms with van der Waals surface area (Å²) in [6.45, 7) is 7.52. The molecule has 0 heterocycles. The maximum atomic E-state index is 11.9. The van der Waals surface area contributed by atoms with Crippen LogP contribution in [-0.2, 0) is 4.74 Å². The lowest BCUT2D eigenvalue weighted by atomic mass is 10.1. The molecular formula is C15H22N2O4. The van der Waals surface area contributed by atoms with Gasteiger partial charge in [0.25, 0.3) is 5.91 Å². The highest BCUT2D eigenvalue weighted by Crippen LogP contribution is 2.20. The molecule has 6 nitrogen and oxygen atoms in total. The molecule has 0 aliphatic rings. The van der Waals surface area contributed by atoms with Crippen molar-refractivity contribution in [2.24, 2.45) is 0 Å². The van der Waals surface area contributed by atoms with Crippen molar-refractivity contribution in [2.45, 2.75) is 33.3 Å². The molecule has 0 aromatic heterocycles. The third kappa shape index (κ3) is 5.72. The number of para-hydroxylation sites is 1. The number of carbonyl (C=O) groups excluding carboxylic acids is 2. The molecule has 0 aliphatic heterocycles. The monoisotopic (exact) mass is 294 g/mol. The molecule has 1 aromatic carbocycles. The Bertz CT molecular complexity index is 521. The Balaban J connectivity index is 2.38. The van der Waals surface area contributed by atoms with Gasteiger partial charge in [0.05, 0.1) is 5.56 Å². The van der Waals surface area contributed by atoms with Crippen LogP contribution in [0.25, 0.3) is 0 Å². The summed E-state index contributed by atoms with van der Waals surface area (Å²) in [5, 5.41) is 14.9. The minimum atomic E-state index is -0.555. The number of amides is 2. The number of alkyl carbamates (subject to hydrolysis) is 1. The standard InChI is InChI=1S/C15H22N2O4/c1-10-6-5-7-11(12(10)18)13(19)16-8-9-17-14(20)21-15(2,3)4/h5-7,18H,8-9H2,1-4H3,(H,16,19)(H,17,20). The number of aryl methyl sites for hydroxylation is 1. The van der Waals surface area contributed by atoms with Gasteiger partial charge in [-0.15, -0.1) is 0 Å². The average molecular weight is 294 g/mol. The van der Waals surface area contributed by atoms with Crippen molar-refractivity contribution < 1.29 is 19.4 Å². The van der Waals surface area contributed by atoms with Crippen LogP contribution in [-0.4, -0.2) is 35.8 Å². The van der Waals surface area contributed by atoms with Gasteiger partial charge in [0.15, 0.2) is 0 Å². The molecule has 1 rings (SSSR count). The van der Waals surface area contributed by atoms with Gasteiger partial charge in [-0.3, -0.25) is 4.79 Å². The van der Waals surface area contributed by atoms with Crippen LogP contribution in [0.3, 0.4) is 0 Å². The van der Waals surface area contributed by atoms with Crippen molar-refractivity contribution in [1.82, 2.24) is 10.6 Å². The number of aromatic hydroxyl groups is 1. The van der Waals surface area contributed by atoms with E-state index in [0.29, 0.717) is 5.56 Å². The van der Waals surface area contributed by atoms with Crippen LogP contribution in [0.15, 0.2) is 18.2 Å². The van der Waals surface area contributed by atoms with Crippen molar-refractivity contribution in [1.29, 1.82) is 0 Å². The minimum Gasteiger partial charge on any atom is -0.507 e. The molecule has 0 spiro atoms. The lowest BCUT2D eigenvalue weighted by molar-refractivity contribution is 0.0526. The van der Waals surface area contributed by atoms with E-state index >= 15 is 0 Å². The molecule has 0 saturated heterocycles. The van der Waals surface area contributed by atoms with Crippen LogP contribution in [0.4, 0.5) is 4.79 Å². The molecule has 2 amide bonds. The number of ether oxygens (including phenoxy) is 1. The molecule has 1 aromatic rings. The fourth-order valence-corrected chi connectivity index (χ4v) is 1.59. The van der Waals surface area contributed by atoms with Gasteiger partial charge in [-0.05, 0) is 39.3 Å². The summed E-state index contributed by atoms with van der Waals surface area (Å²) < 4.78 is 5.06. The first kappa shape index (κ1) is 16.8. The highest BCUT2D eigenvalue weighted by atomic mass is 16.6. The smallest absolute Gasteiger partial charge is 0.407 e. The third-order valence-corrected chi connectivity index (χ3v) is 2.56. The molecule has 6 heteroatoms. The summed E-state index contributed by atoms with van der Waals surface area (Å²) in [7, 11) is 0. The van der Waals surface area contributed by atoms with Crippen LogP contribution in [0.1, 0.15) is 36.7 Å². The topological polar surface area (TPSA) is 87.7 Å². The lowest BCUT2D eigenvalue weighted by Gasteiger charge is -2.19. The van der Waals surface area contributed by atoms with Gasteiger partial charge < -0.3 is 20.5 Å². The summed E-state index contributed by atoms with van der Waals surface area (Å²) >= 11 is 0. The van der Waals surface area contributed by atoms with E-state index in [4.69, 9.17) is 4.74 Å². The molecule has 116 valence electrons. The Morgan fingerprint density at radius 2 is 1.81 bits per heavy atom. The molecule has 0 bridgehead atoms.